The Morgan fingerprint density at radius 1 is 1.55 bits per heavy atom. The lowest BCUT2D eigenvalue weighted by Crippen LogP contribution is -1.86. The van der Waals surface area contributed by atoms with Gasteiger partial charge >= 0.3 is 5.97 Å². The summed E-state index contributed by atoms with van der Waals surface area (Å²) in [7, 11) is 0. The van der Waals surface area contributed by atoms with E-state index in [2.05, 4.69) is 4.99 Å². The lowest BCUT2D eigenvalue weighted by Gasteiger charge is -1.71. The van der Waals surface area contributed by atoms with Crippen molar-refractivity contribution in [2.45, 2.75) is 20.3 Å². The van der Waals surface area contributed by atoms with Crippen LogP contribution in [0.25, 0.3) is 0 Å². The number of carboxylic acids is 1. The van der Waals surface area contributed by atoms with Gasteiger partial charge in [-0.2, -0.15) is 0 Å². The maximum atomic E-state index is 9.37. The lowest BCUT2D eigenvalue weighted by atomic mass is 10.5. The maximum absolute atomic E-state index is 9.37. The van der Waals surface area contributed by atoms with E-state index in [-0.39, 0.29) is 17.4 Å². The van der Waals surface area contributed by atoms with Crippen LogP contribution < -0.4 is 0 Å². The fourth-order valence-corrected chi connectivity index (χ4v) is 0.0645. The molecule has 0 saturated carbocycles. The number of carboxylic acid groups (broad SMARTS) is 1. The van der Waals surface area contributed by atoms with Gasteiger partial charge in [0.15, 0.2) is 0 Å². The third-order valence-electron chi connectivity index (χ3n) is 0.525. The van der Waals surface area contributed by atoms with Crippen LogP contribution >= 0.6 is 0 Å². The average molecular weight is 177 g/mol. The fraction of sp³-hybridized carbons (Fsp3) is 0.667. The summed E-state index contributed by atoms with van der Waals surface area (Å²) in [5.41, 5.74) is 0. The Kier molecular flexibility index (Phi) is 24.1. The molecule has 66 valence electrons. The summed E-state index contributed by atoms with van der Waals surface area (Å²) in [5.74, 6) is -0.745. The van der Waals surface area contributed by atoms with E-state index in [9.17, 15) is 4.79 Å². The quantitative estimate of drug-likeness (QED) is 0.347. The van der Waals surface area contributed by atoms with Gasteiger partial charge in [0.1, 0.15) is 0 Å². The molecule has 0 aliphatic heterocycles. The molecule has 0 heterocycles. The van der Waals surface area contributed by atoms with Gasteiger partial charge in [-0.3, -0.25) is 4.79 Å². The number of aliphatic imine (C=N–C) groups is 1. The molecule has 0 aliphatic carbocycles. The minimum absolute atomic E-state index is 0. The minimum Gasteiger partial charge on any atom is -0.481 e. The van der Waals surface area contributed by atoms with E-state index in [0.717, 1.165) is 0 Å². The van der Waals surface area contributed by atoms with Gasteiger partial charge in [0.25, 0.3) is 0 Å². The van der Waals surface area contributed by atoms with Crippen molar-refractivity contribution in [3.05, 3.63) is 0 Å². The fourth-order valence-electron chi connectivity index (χ4n) is 0.0645. The summed E-state index contributed by atoms with van der Waals surface area (Å²) in [6, 6.07) is 0. The van der Waals surface area contributed by atoms with Crippen LogP contribution in [0.5, 0.6) is 0 Å². The molecule has 0 saturated heterocycles. The summed E-state index contributed by atoms with van der Waals surface area (Å²) in [6.07, 6.45) is 1.61. The van der Waals surface area contributed by atoms with Crippen LogP contribution in [0.15, 0.2) is 4.99 Å². The molecule has 0 aromatic rings. The van der Waals surface area contributed by atoms with Crippen LogP contribution in [0, 0.1) is 0 Å². The molecule has 0 radical (unpaired) electrons. The van der Waals surface area contributed by atoms with Crippen molar-refractivity contribution >= 4 is 23.0 Å². The van der Waals surface area contributed by atoms with Crippen molar-refractivity contribution in [1.82, 2.24) is 0 Å². The van der Waals surface area contributed by atoms with Crippen LogP contribution in [0.3, 0.4) is 0 Å². The zero-order valence-electron chi connectivity index (χ0n) is 6.13. The van der Waals surface area contributed by atoms with Gasteiger partial charge in [-0.15, -0.1) is 0 Å². The number of hydrogen-bond donors (Lipinski definition) is 1. The summed E-state index contributed by atoms with van der Waals surface area (Å²) >= 11 is 0. The summed E-state index contributed by atoms with van der Waals surface area (Å²) in [5, 5.41) is 7.72. The molecule has 0 amide bonds. The second-order valence-electron chi connectivity index (χ2n) is 1.31. The number of aliphatic carboxylic acids is 1. The molecule has 0 bridgehead atoms. The van der Waals surface area contributed by atoms with E-state index >= 15 is 0 Å². The molecule has 0 aromatic carbocycles. The number of carbonyl (C=O) groups excluding carboxylic acids is 1. The third-order valence-corrected chi connectivity index (χ3v) is 0.525. The van der Waals surface area contributed by atoms with Crippen molar-refractivity contribution in [1.29, 1.82) is 0 Å². The molecule has 0 atom stereocenters. The first-order valence-corrected chi connectivity index (χ1v) is 2.94. The van der Waals surface area contributed by atoms with Gasteiger partial charge in [0, 0.05) is 13.0 Å². The Balaban J connectivity index is -0.000000107. The normalized spacial score (nSPS) is 6.00. The Labute approximate surface area is 70.4 Å². The molecule has 0 rings (SSSR count). The third kappa shape index (κ3) is 48.1. The molecule has 0 spiro atoms. The molecular formula is C6H15NO3Si. The number of rotatable bonds is 2. The van der Waals surface area contributed by atoms with Crippen LogP contribution in [0.1, 0.15) is 20.3 Å². The van der Waals surface area contributed by atoms with Gasteiger partial charge in [-0.25, -0.2) is 9.79 Å². The molecule has 4 nitrogen and oxygen atoms in total. The minimum atomic E-state index is -0.745. The maximum Gasteiger partial charge on any atom is 0.303 e. The van der Waals surface area contributed by atoms with Crippen LogP contribution in [0.4, 0.5) is 0 Å². The topological polar surface area (TPSA) is 66.7 Å². The van der Waals surface area contributed by atoms with Crippen LogP contribution in [-0.4, -0.2) is 34.7 Å². The first-order valence-electron chi connectivity index (χ1n) is 2.94. The molecule has 0 aromatic heterocycles. The second-order valence-corrected chi connectivity index (χ2v) is 1.31. The predicted octanol–water partition coefficient (Wildman–Crippen LogP) is -0.629. The summed E-state index contributed by atoms with van der Waals surface area (Å²) in [4.78, 5) is 21.6. The number of hydrogen-bond acceptors (Lipinski definition) is 3. The SMILES string of the molecule is CCC(=O)O.CCN=C=O.[SiH4]. The molecule has 1 N–H and O–H groups in total. The monoisotopic (exact) mass is 177 g/mol. The molecule has 0 aliphatic rings. The van der Waals surface area contributed by atoms with Gasteiger partial charge in [0.05, 0.1) is 0 Å². The van der Waals surface area contributed by atoms with E-state index in [0.29, 0.717) is 6.54 Å². The van der Waals surface area contributed by atoms with E-state index < -0.39 is 5.97 Å². The predicted molar refractivity (Wildman–Crippen MR) is 47.9 cm³/mol. The van der Waals surface area contributed by atoms with Crippen molar-refractivity contribution in [2.24, 2.45) is 4.99 Å². The smallest absolute Gasteiger partial charge is 0.303 e. The van der Waals surface area contributed by atoms with Crippen LogP contribution in [0.2, 0.25) is 0 Å². The lowest BCUT2D eigenvalue weighted by molar-refractivity contribution is -0.136. The first-order chi connectivity index (χ1) is 4.68. The molecule has 0 unspecified atom stereocenters. The average Bonchev–Trinajstić information content (AvgIpc) is 1.91. The molecule has 11 heavy (non-hydrogen) atoms. The number of nitrogens with zero attached hydrogens (tertiary/aromatic N) is 1. The Bertz CT molecular complexity index is 130. The molecule has 0 fully saturated rings. The number of carbonyl (C=O) groups is 1. The van der Waals surface area contributed by atoms with Gasteiger partial charge in [-0.05, 0) is 17.9 Å². The zero-order valence-corrected chi connectivity index (χ0v) is 6.13. The Hall–Kier alpha value is -0.933. The van der Waals surface area contributed by atoms with E-state index in [1.807, 2.05) is 0 Å². The standard InChI is InChI=1S/C3H5NO.C3H6O2.H4Si/c1-2-4-3-5;1-2-3(4)5;/h2H2,1H3;2H2,1H3,(H,4,5);1H4. The Morgan fingerprint density at radius 3 is 1.91 bits per heavy atom. The van der Waals surface area contributed by atoms with E-state index in [1.54, 1.807) is 13.8 Å². The highest BCUT2D eigenvalue weighted by molar-refractivity contribution is 5.75. The summed E-state index contributed by atoms with van der Waals surface area (Å²) < 4.78 is 0. The Morgan fingerprint density at radius 2 is 1.91 bits per heavy atom. The number of isocyanates is 1. The van der Waals surface area contributed by atoms with Crippen molar-refractivity contribution in [3.63, 3.8) is 0 Å². The van der Waals surface area contributed by atoms with Gasteiger partial charge in [0.2, 0.25) is 6.08 Å². The largest absolute Gasteiger partial charge is 0.481 e. The van der Waals surface area contributed by atoms with E-state index in [1.165, 1.54) is 6.08 Å². The summed E-state index contributed by atoms with van der Waals surface area (Å²) in [6.45, 7) is 3.93. The first kappa shape index (κ1) is 16.6. The highest BCUT2D eigenvalue weighted by Gasteiger charge is 1.80. The molecule has 5 heteroatoms. The van der Waals surface area contributed by atoms with E-state index in [4.69, 9.17) is 9.90 Å². The van der Waals surface area contributed by atoms with Crippen molar-refractivity contribution in [3.8, 4) is 0 Å². The highest BCUT2D eigenvalue weighted by Crippen LogP contribution is 1.67. The molecular weight excluding hydrogens is 162 g/mol. The van der Waals surface area contributed by atoms with Crippen LogP contribution in [-0.2, 0) is 9.59 Å². The van der Waals surface area contributed by atoms with Crippen molar-refractivity contribution in [2.75, 3.05) is 6.54 Å². The zero-order chi connectivity index (χ0) is 8.41. The van der Waals surface area contributed by atoms with Gasteiger partial charge in [-0.1, -0.05) is 6.92 Å². The second kappa shape index (κ2) is 16.0. The highest BCUT2D eigenvalue weighted by atomic mass is 28.1. The van der Waals surface area contributed by atoms with Crippen molar-refractivity contribution < 1.29 is 14.7 Å². The van der Waals surface area contributed by atoms with Gasteiger partial charge < -0.3 is 5.11 Å².